The second-order valence-corrected chi connectivity index (χ2v) is 8.47. The Morgan fingerprint density at radius 3 is 2.45 bits per heavy atom. The molecule has 2 nitrogen and oxygen atoms in total. The van der Waals surface area contributed by atoms with Crippen molar-refractivity contribution in [3.63, 3.8) is 0 Å². The van der Waals surface area contributed by atoms with Crippen LogP contribution in [0.3, 0.4) is 0 Å². The fourth-order valence-corrected chi connectivity index (χ4v) is 6.44. The standard InChI is InChI=1S/C18H32N2/c1-20(2)18(8-3-4-9-18)12-19-17-11-13-10-16(17)15-7-5-6-14(13)15/h13-17,19H,3-12H2,1-2H3. The second kappa shape index (κ2) is 4.98. The van der Waals surface area contributed by atoms with Crippen LogP contribution in [0.1, 0.15) is 57.8 Å². The molecule has 4 saturated carbocycles. The van der Waals surface area contributed by atoms with Gasteiger partial charge in [-0.15, -0.1) is 0 Å². The molecule has 0 aromatic heterocycles. The van der Waals surface area contributed by atoms with Crippen LogP contribution in [-0.4, -0.2) is 37.1 Å². The van der Waals surface area contributed by atoms with E-state index in [-0.39, 0.29) is 0 Å². The summed E-state index contributed by atoms with van der Waals surface area (Å²) in [7, 11) is 4.58. The fourth-order valence-electron chi connectivity index (χ4n) is 6.44. The lowest BCUT2D eigenvalue weighted by Gasteiger charge is -2.40. The third kappa shape index (κ3) is 1.98. The van der Waals surface area contributed by atoms with E-state index in [0.29, 0.717) is 5.54 Å². The molecule has 0 aromatic rings. The molecule has 4 aliphatic rings. The molecule has 0 heterocycles. The molecule has 2 bridgehead atoms. The predicted molar refractivity (Wildman–Crippen MR) is 83.7 cm³/mol. The number of nitrogens with one attached hydrogen (secondary N) is 1. The summed E-state index contributed by atoms with van der Waals surface area (Å²) in [5.41, 5.74) is 0.469. The predicted octanol–water partition coefficient (Wildman–Crippen LogP) is 3.28. The smallest absolute Gasteiger partial charge is 0.0327 e. The maximum absolute atomic E-state index is 4.05. The second-order valence-electron chi connectivity index (χ2n) is 8.47. The quantitative estimate of drug-likeness (QED) is 0.848. The van der Waals surface area contributed by atoms with Gasteiger partial charge in [-0.05, 0) is 76.3 Å². The van der Waals surface area contributed by atoms with Crippen LogP contribution in [0.5, 0.6) is 0 Å². The van der Waals surface area contributed by atoms with E-state index in [2.05, 4.69) is 24.3 Å². The van der Waals surface area contributed by atoms with Crippen LogP contribution in [0.4, 0.5) is 0 Å². The average molecular weight is 276 g/mol. The number of fused-ring (bicyclic) bond motifs is 5. The van der Waals surface area contributed by atoms with Crippen LogP contribution in [0.15, 0.2) is 0 Å². The highest BCUT2D eigenvalue weighted by molar-refractivity contribution is 5.06. The van der Waals surface area contributed by atoms with Gasteiger partial charge in [-0.3, -0.25) is 0 Å². The summed E-state index contributed by atoms with van der Waals surface area (Å²) in [5.74, 6) is 4.36. The maximum Gasteiger partial charge on any atom is 0.0327 e. The fraction of sp³-hybridized carbons (Fsp3) is 1.00. The highest BCUT2D eigenvalue weighted by atomic mass is 15.2. The molecule has 114 valence electrons. The van der Waals surface area contributed by atoms with Crippen molar-refractivity contribution in [1.29, 1.82) is 0 Å². The van der Waals surface area contributed by atoms with E-state index in [4.69, 9.17) is 0 Å². The summed E-state index contributed by atoms with van der Waals surface area (Å²) in [5, 5.41) is 4.05. The van der Waals surface area contributed by atoms with E-state index in [0.717, 1.165) is 29.7 Å². The van der Waals surface area contributed by atoms with Gasteiger partial charge >= 0.3 is 0 Å². The number of likely N-dealkylation sites (N-methyl/N-ethyl adjacent to an activating group) is 1. The Kier molecular flexibility index (Phi) is 3.38. The molecule has 4 aliphatic carbocycles. The average Bonchev–Trinajstić information content (AvgIpc) is 3.17. The molecule has 4 rings (SSSR count). The van der Waals surface area contributed by atoms with Gasteiger partial charge in [0, 0.05) is 18.1 Å². The van der Waals surface area contributed by atoms with Gasteiger partial charge in [0.25, 0.3) is 0 Å². The van der Waals surface area contributed by atoms with E-state index in [1.165, 1.54) is 45.1 Å². The first-order valence-electron chi connectivity index (χ1n) is 9.10. The van der Waals surface area contributed by atoms with Crippen LogP contribution >= 0.6 is 0 Å². The molecule has 0 saturated heterocycles. The van der Waals surface area contributed by atoms with Crippen molar-refractivity contribution in [3.8, 4) is 0 Å². The van der Waals surface area contributed by atoms with Crippen LogP contribution in [-0.2, 0) is 0 Å². The van der Waals surface area contributed by atoms with Crippen LogP contribution in [0.25, 0.3) is 0 Å². The van der Waals surface area contributed by atoms with Crippen molar-refractivity contribution in [2.24, 2.45) is 23.7 Å². The van der Waals surface area contributed by atoms with Crippen LogP contribution < -0.4 is 5.32 Å². The van der Waals surface area contributed by atoms with Gasteiger partial charge in [0.2, 0.25) is 0 Å². The summed E-state index contributed by atoms with van der Waals surface area (Å²) < 4.78 is 0. The normalized spacial score (nSPS) is 45.5. The third-order valence-electron chi connectivity index (χ3n) is 7.60. The molecule has 5 unspecified atom stereocenters. The Morgan fingerprint density at radius 2 is 1.70 bits per heavy atom. The monoisotopic (exact) mass is 276 g/mol. The SMILES string of the molecule is CN(C)C1(CNC2CC3CC2C2CCCC32)CCCC1. The number of hydrogen-bond acceptors (Lipinski definition) is 2. The lowest BCUT2D eigenvalue weighted by molar-refractivity contribution is 0.132. The molecule has 0 spiro atoms. The Balaban J connectivity index is 1.39. The van der Waals surface area contributed by atoms with Gasteiger partial charge in [0.1, 0.15) is 0 Å². The Morgan fingerprint density at radius 1 is 0.950 bits per heavy atom. The van der Waals surface area contributed by atoms with E-state index >= 15 is 0 Å². The van der Waals surface area contributed by atoms with Crippen molar-refractivity contribution in [3.05, 3.63) is 0 Å². The van der Waals surface area contributed by atoms with Crippen LogP contribution in [0, 0.1) is 23.7 Å². The molecule has 0 aliphatic heterocycles. The van der Waals surface area contributed by atoms with E-state index in [1.54, 1.807) is 19.3 Å². The molecule has 2 heteroatoms. The van der Waals surface area contributed by atoms with Gasteiger partial charge in [-0.2, -0.15) is 0 Å². The third-order valence-corrected chi connectivity index (χ3v) is 7.60. The van der Waals surface area contributed by atoms with E-state index in [1.807, 2.05) is 0 Å². The topological polar surface area (TPSA) is 15.3 Å². The first-order valence-corrected chi connectivity index (χ1v) is 9.10. The zero-order chi connectivity index (χ0) is 13.7. The van der Waals surface area contributed by atoms with Gasteiger partial charge in [-0.25, -0.2) is 0 Å². The molecule has 0 radical (unpaired) electrons. The van der Waals surface area contributed by atoms with E-state index in [9.17, 15) is 0 Å². The van der Waals surface area contributed by atoms with Crippen molar-refractivity contribution < 1.29 is 0 Å². The van der Waals surface area contributed by atoms with Crippen molar-refractivity contribution in [2.45, 2.75) is 69.4 Å². The molecular formula is C18H32N2. The number of nitrogens with zero attached hydrogens (tertiary/aromatic N) is 1. The van der Waals surface area contributed by atoms with E-state index < -0.39 is 0 Å². The zero-order valence-corrected chi connectivity index (χ0v) is 13.4. The summed E-state index contributed by atoms with van der Waals surface area (Å²) in [6, 6.07) is 0.858. The highest BCUT2D eigenvalue weighted by Gasteiger charge is 2.53. The summed E-state index contributed by atoms with van der Waals surface area (Å²) in [6.07, 6.45) is 13.3. The Labute approximate surface area is 124 Å². The molecule has 5 atom stereocenters. The Bertz CT molecular complexity index is 358. The zero-order valence-electron chi connectivity index (χ0n) is 13.4. The van der Waals surface area contributed by atoms with Gasteiger partial charge < -0.3 is 10.2 Å². The highest BCUT2D eigenvalue weighted by Crippen LogP contribution is 2.58. The minimum absolute atomic E-state index is 0.469. The first kappa shape index (κ1) is 13.6. The maximum atomic E-state index is 4.05. The minimum Gasteiger partial charge on any atom is -0.312 e. The largest absolute Gasteiger partial charge is 0.312 e. The Hall–Kier alpha value is -0.0800. The molecule has 20 heavy (non-hydrogen) atoms. The molecule has 0 amide bonds. The van der Waals surface area contributed by atoms with Gasteiger partial charge in [0.05, 0.1) is 0 Å². The lowest BCUT2D eigenvalue weighted by Crippen LogP contribution is -2.53. The summed E-state index contributed by atoms with van der Waals surface area (Å²) in [4.78, 5) is 2.51. The lowest BCUT2D eigenvalue weighted by atomic mass is 9.79. The minimum atomic E-state index is 0.469. The van der Waals surface area contributed by atoms with Crippen molar-refractivity contribution >= 4 is 0 Å². The molecule has 1 N–H and O–H groups in total. The summed E-state index contributed by atoms with van der Waals surface area (Å²) in [6.45, 7) is 1.24. The summed E-state index contributed by atoms with van der Waals surface area (Å²) >= 11 is 0. The van der Waals surface area contributed by atoms with Crippen molar-refractivity contribution in [1.82, 2.24) is 10.2 Å². The number of hydrogen-bond donors (Lipinski definition) is 1. The van der Waals surface area contributed by atoms with Crippen LogP contribution in [0.2, 0.25) is 0 Å². The molecule has 0 aromatic carbocycles. The number of rotatable bonds is 4. The molecule has 4 fully saturated rings. The van der Waals surface area contributed by atoms with Gasteiger partial charge in [-0.1, -0.05) is 19.3 Å². The van der Waals surface area contributed by atoms with Crippen molar-refractivity contribution in [2.75, 3.05) is 20.6 Å². The molecular weight excluding hydrogens is 244 g/mol. The van der Waals surface area contributed by atoms with Gasteiger partial charge in [0.15, 0.2) is 0 Å². The first-order chi connectivity index (χ1) is 9.70.